The molecule has 2 aromatic carbocycles. The minimum absolute atomic E-state index is 0.000146. The number of hydrogen-bond donors (Lipinski definition) is 1. The van der Waals surface area contributed by atoms with Crippen LogP contribution in [-0.2, 0) is 26.2 Å². The Labute approximate surface area is 258 Å². The summed E-state index contributed by atoms with van der Waals surface area (Å²) in [5, 5.41) is 10.6. The highest BCUT2D eigenvalue weighted by Gasteiger charge is 2.26. The molecule has 0 unspecified atom stereocenters. The number of aromatic carboxylic acids is 1. The average Bonchev–Trinajstić information content (AvgIpc) is 3.72. The average molecular weight is 622 g/mol. The highest BCUT2D eigenvalue weighted by atomic mass is 35.5. The van der Waals surface area contributed by atoms with Gasteiger partial charge < -0.3 is 23.7 Å². The van der Waals surface area contributed by atoms with Crippen LogP contribution in [0.4, 0.5) is 0 Å². The van der Waals surface area contributed by atoms with Crippen molar-refractivity contribution in [1.82, 2.24) is 29.0 Å². The number of aromatic nitrogens is 5. The van der Waals surface area contributed by atoms with E-state index in [0.29, 0.717) is 28.9 Å². The predicted octanol–water partition coefficient (Wildman–Crippen LogP) is 5.93. The van der Waals surface area contributed by atoms with Gasteiger partial charge in [-0.2, -0.15) is 0 Å². The summed E-state index contributed by atoms with van der Waals surface area (Å²) in [7, 11) is 0. The Kier molecular flexibility index (Phi) is 8.51. The topological polar surface area (TPSA) is 108 Å². The van der Waals surface area contributed by atoms with Crippen LogP contribution in [0.1, 0.15) is 40.9 Å². The van der Waals surface area contributed by atoms with Crippen LogP contribution in [0, 0.1) is 0 Å². The Balaban J connectivity index is 1.14. The Morgan fingerprint density at radius 3 is 2.81 bits per heavy atom. The highest BCUT2D eigenvalue weighted by molar-refractivity contribution is 6.35. The van der Waals surface area contributed by atoms with Gasteiger partial charge in [-0.05, 0) is 55.8 Å². The number of benzene rings is 2. The fourth-order valence-corrected chi connectivity index (χ4v) is 5.77. The molecule has 1 saturated heterocycles. The Hall–Kier alpha value is -4.12. The van der Waals surface area contributed by atoms with Crippen molar-refractivity contribution in [3.8, 4) is 11.5 Å². The maximum atomic E-state index is 11.7. The number of nitrogens with zero attached hydrogens (tertiary/aromatic N) is 6. The van der Waals surface area contributed by atoms with Gasteiger partial charge in [-0.3, -0.25) is 9.88 Å². The van der Waals surface area contributed by atoms with Gasteiger partial charge in [0.05, 0.1) is 52.4 Å². The van der Waals surface area contributed by atoms with E-state index in [1.807, 2.05) is 24.7 Å². The summed E-state index contributed by atoms with van der Waals surface area (Å²) >= 11 is 12.2. The Morgan fingerprint density at radius 1 is 1.12 bits per heavy atom. The minimum Gasteiger partial charge on any atom is -0.489 e. The fourth-order valence-electron chi connectivity index (χ4n) is 5.31. The first kappa shape index (κ1) is 29.0. The number of carboxylic acid groups (broad SMARTS) is 1. The zero-order chi connectivity index (χ0) is 29.9. The smallest absolute Gasteiger partial charge is 0.335 e. The van der Waals surface area contributed by atoms with Crippen LogP contribution >= 0.6 is 23.2 Å². The number of ether oxygens (including phenoxy) is 2. The van der Waals surface area contributed by atoms with E-state index >= 15 is 0 Å². The number of likely N-dealkylation sites (tertiary alicyclic amines) is 1. The van der Waals surface area contributed by atoms with Crippen molar-refractivity contribution in [3.63, 3.8) is 0 Å². The molecule has 222 valence electrons. The molecule has 1 fully saturated rings. The second kappa shape index (κ2) is 12.6. The van der Waals surface area contributed by atoms with Crippen LogP contribution in [0.15, 0.2) is 67.3 Å². The van der Waals surface area contributed by atoms with Crippen molar-refractivity contribution in [2.45, 2.75) is 45.7 Å². The van der Waals surface area contributed by atoms with Crippen LogP contribution in [0.3, 0.4) is 0 Å². The molecule has 12 heteroatoms. The monoisotopic (exact) mass is 620 g/mol. The third-order valence-corrected chi connectivity index (χ3v) is 8.02. The lowest BCUT2D eigenvalue weighted by molar-refractivity contribution is 0.0697. The normalized spacial score (nSPS) is 15.3. The SMILES string of the molecule is CCn1cncc1Cn1c(CN2CC[C@H](Oc3ccnc(COc4ccc(Cl)cc4Cl)c3)C2)nc2ccc(C(=O)O)cc21. The number of carbonyl (C=O) groups is 1. The molecule has 0 amide bonds. The van der Waals surface area contributed by atoms with Crippen molar-refractivity contribution in [2.24, 2.45) is 0 Å². The molecule has 1 aliphatic rings. The number of imidazole rings is 2. The fraction of sp³-hybridized carbons (Fsp3) is 0.290. The second-order valence-electron chi connectivity index (χ2n) is 10.4. The zero-order valence-corrected chi connectivity index (χ0v) is 25.0. The zero-order valence-electron chi connectivity index (χ0n) is 23.5. The van der Waals surface area contributed by atoms with Gasteiger partial charge in [0, 0.05) is 43.1 Å². The summed E-state index contributed by atoms with van der Waals surface area (Å²) < 4.78 is 16.3. The van der Waals surface area contributed by atoms with E-state index < -0.39 is 5.97 Å². The molecule has 0 spiro atoms. The van der Waals surface area contributed by atoms with E-state index in [0.717, 1.165) is 60.1 Å². The maximum Gasteiger partial charge on any atom is 0.335 e. The largest absolute Gasteiger partial charge is 0.489 e. The van der Waals surface area contributed by atoms with E-state index in [2.05, 4.69) is 30.9 Å². The van der Waals surface area contributed by atoms with Crippen LogP contribution < -0.4 is 9.47 Å². The number of fused-ring (bicyclic) bond motifs is 1. The van der Waals surface area contributed by atoms with Gasteiger partial charge in [-0.15, -0.1) is 0 Å². The van der Waals surface area contributed by atoms with Gasteiger partial charge in [0.25, 0.3) is 0 Å². The van der Waals surface area contributed by atoms with Gasteiger partial charge in [0.15, 0.2) is 0 Å². The summed E-state index contributed by atoms with van der Waals surface area (Å²) in [6, 6.07) is 13.9. The number of carboxylic acids is 1. The molecular weight excluding hydrogens is 591 g/mol. The Morgan fingerprint density at radius 2 is 2.00 bits per heavy atom. The highest BCUT2D eigenvalue weighted by Crippen LogP contribution is 2.29. The third kappa shape index (κ3) is 6.61. The number of aryl methyl sites for hydroxylation is 1. The van der Waals surface area contributed by atoms with E-state index in [1.54, 1.807) is 42.6 Å². The first-order chi connectivity index (χ1) is 20.9. The van der Waals surface area contributed by atoms with E-state index in [4.69, 9.17) is 37.7 Å². The standard InChI is InChI=1S/C31H30Cl2N6O4/c1-2-38-19-34-14-23(38)15-39-28-11-20(31(40)41)3-5-27(28)36-30(39)17-37-10-8-25(16-37)43-24-7-9-35-22(13-24)18-42-29-6-4-21(32)12-26(29)33/h3-7,9,11-14,19,25H,2,8,10,15-18H2,1H3,(H,40,41)/t25-/m0/s1. The molecule has 0 aliphatic carbocycles. The van der Waals surface area contributed by atoms with Gasteiger partial charge in [0.1, 0.15) is 30.0 Å². The summed E-state index contributed by atoms with van der Waals surface area (Å²) in [4.78, 5) is 27.6. The maximum absolute atomic E-state index is 11.7. The molecule has 0 bridgehead atoms. The van der Waals surface area contributed by atoms with Crippen molar-refractivity contribution < 1.29 is 19.4 Å². The van der Waals surface area contributed by atoms with Crippen LogP contribution in [0.2, 0.25) is 10.0 Å². The van der Waals surface area contributed by atoms with Gasteiger partial charge in [-0.25, -0.2) is 14.8 Å². The second-order valence-corrected chi connectivity index (χ2v) is 11.2. The van der Waals surface area contributed by atoms with E-state index in [9.17, 15) is 9.90 Å². The Bertz CT molecular complexity index is 1770. The summed E-state index contributed by atoms with van der Waals surface area (Å²) in [6.45, 7) is 5.82. The summed E-state index contributed by atoms with van der Waals surface area (Å²) in [5.41, 5.74) is 3.54. The van der Waals surface area contributed by atoms with Crippen molar-refractivity contribution in [2.75, 3.05) is 13.1 Å². The van der Waals surface area contributed by atoms with Crippen molar-refractivity contribution in [1.29, 1.82) is 0 Å². The molecular formula is C31H30Cl2N6O4. The minimum atomic E-state index is -0.964. The molecule has 43 heavy (non-hydrogen) atoms. The van der Waals surface area contributed by atoms with E-state index in [-0.39, 0.29) is 18.3 Å². The molecule has 10 nitrogen and oxygen atoms in total. The lowest BCUT2D eigenvalue weighted by atomic mass is 10.2. The quantitative estimate of drug-likeness (QED) is 0.193. The molecule has 0 saturated carbocycles. The van der Waals surface area contributed by atoms with Crippen molar-refractivity contribution >= 4 is 40.2 Å². The summed E-state index contributed by atoms with van der Waals surface area (Å²) in [5.74, 6) is 1.17. The number of pyridine rings is 1. The van der Waals surface area contributed by atoms with Crippen molar-refractivity contribution in [3.05, 3.63) is 100 Å². The number of halogens is 2. The molecule has 5 aromatic rings. The van der Waals surface area contributed by atoms with Crippen LogP contribution in [0.5, 0.6) is 11.5 Å². The lowest BCUT2D eigenvalue weighted by Gasteiger charge is -2.18. The molecule has 1 aliphatic heterocycles. The van der Waals surface area contributed by atoms with E-state index in [1.165, 1.54) is 0 Å². The number of hydrogen-bond acceptors (Lipinski definition) is 7. The van der Waals surface area contributed by atoms with Gasteiger partial charge >= 0.3 is 5.97 Å². The molecule has 0 radical (unpaired) electrons. The summed E-state index contributed by atoms with van der Waals surface area (Å²) in [6.07, 6.45) is 6.22. The molecule has 1 atom stereocenters. The molecule has 3 aromatic heterocycles. The molecule has 1 N–H and O–H groups in total. The van der Waals surface area contributed by atoms with Crippen LogP contribution in [0.25, 0.3) is 11.0 Å². The first-order valence-electron chi connectivity index (χ1n) is 14.0. The van der Waals surface area contributed by atoms with Crippen LogP contribution in [-0.4, -0.2) is 59.3 Å². The van der Waals surface area contributed by atoms with Gasteiger partial charge in [-0.1, -0.05) is 23.2 Å². The molecule has 6 rings (SSSR count). The third-order valence-electron chi connectivity index (χ3n) is 7.49. The first-order valence-corrected chi connectivity index (χ1v) is 14.7. The molecule has 4 heterocycles. The predicted molar refractivity (Wildman–Crippen MR) is 163 cm³/mol. The lowest BCUT2D eigenvalue weighted by Crippen LogP contribution is -2.26. The number of rotatable bonds is 11. The van der Waals surface area contributed by atoms with Gasteiger partial charge in [0.2, 0.25) is 0 Å².